The summed E-state index contributed by atoms with van der Waals surface area (Å²) in [4.78, 5) is 39.9. The summed E-state index contributed by atoms with van der Waals surface area (Å²) in [5.41, 5.74) is 0.920. The van der Waals surface area contributed by atoms with Gasteiger partial charge in [0.05, 0.1) is 5.52 Å². The molecule has 0 spiro atoms. The van der Waals surface area contributed by atoms with Crippen molar-refractivity contribution in [2.45, 2.75) is 57.7 Å². The van der Waals surface area contributed by atoms with Gasteiger partial charge in [-0.25, -0.2) is 4.79 Å². The van der Waals surface area contributed by atoms with Crippen molar-refractivity contribution in [3.05, 3.63) is 81.0 Å². The van der Waals surface area contributed by atoms with E-state index in [4.69, 9.17) is 0 Å². The Bertz CT molecular complexity index is 1410. The highest BCUT2D eigenvalue weighted by Gasteiger charge is 2.21. The van der Waals surface area contributed by atoms with Crippen LogP contribution in [0, 0.1) is 0 Å². The Balaban J connectivity index is 1.56. The first-order valence-corrected chi connectivity index (χ1v) is 12.4. The minimum atomic E-state index is -0.425. The SMILES string of the molecule is O=C(Cn1c(=O)n(CCc2ccccc2)c(=O)c2sc3ccccc3c21)NC1CCCCC1. The lowest BCUT2D eigenvalue weighted by Gasteiger charge is -2.23. The zero-order valence-corrected chi connectivity index (χ0v) is 19.3. The summed E-state index contributed by atoms with van der Waals surface area (Å²) < 4.78 is 4.25. The van der Waals surface area contributed by atoms with E-state index in [2.05, 4.69) is 5.32 Å². The smallest absolute Gasteiger partial charge is 0.332 e. The summed E-state index contributed by atoms with van der Waals surface area (Å²) in [7, 11) is 0. The quantitative estimate of drug-likeness (QED) is 0.470. The van der Waals surface area contributed by atoms with Crippen molar-refractivity contribution >= 4 is 37.5 Å². The lowest BCUT2D eigenvalue weighted by molar-refractivity contribution is -0.122. The average molecular weight is 462 g/mol. The van der Waals surface area contributed by atoms with E-state index in [1.54, 1.807) is 0 Å². The van der Waals surface area contributed by atoms with Crippen LogP contribution in [0.4, 0.5) is 0 Å². The molecule has 0 unspecified atom stereocenters. The van der Waals surface area contributed by atoms with E-state index >= 15 is 0 Å². The van der Waals surface area contributed by atoms with Crippen molar-refractivity contribution in [3.8, 4) is 0 Å². The summed E-state index contributed by atoms with van der Waals surface area (Å²) in [6, 6.07) is 17.6. The molecule has 0 bridgehead atoms. The van der Waals surface area contributed by atoms with Gasteiger partial charge in [-0.3, -0.25) is 18.7 Å². The standard InChI is InChI=1S/C26H27N3O3S/c30-22(27-19-11-5-2-6-12-19)17-29-23-20-13-7-8-14-21(20)33-24(23)25(31)28(26(29)32)16-15-18-9-3-1-4-10-18/h1,3-4,7-10,13-14,19H,2,5-6,11-12,15-17H2,(H,27,30). The molecule has 2 heterocycles. The van der Waals surface area contributed by atoms with Crippen LogP contribution < -0.4 is 16.6 Å². The zero-order valence-electron chi connectivity index (χ0n) is 18.5. The van der Waals surface area contributed by atoms with Gasteiger partial charge in [-0.05, 0) is 30.9 Å². The average Bonchev–Trinajstić information content (AvgIpc) is 3.23. The van der Waals surface area contributed by atoms with Crippen LogP contribution >= 0.6 is 11.3 Å². The Morgan fingerprint density at radius 2 is 1.67 bits per heavy atom. The number of rotatable bonds is 6. The van der Waals surface area contributed by atoms with Gasteiger partial charge < -0.3 is 5.32 Å². The second kappa shape index (κ2) is 9.35. The van der Waals surface area contributed by atoms with Gasteiger partial charge in [-0.1, -0.05) is 67.8 Å². The van der Waals surface area contributed by atoms with E-state index in [0.717, 1.165) is 41.3 Å². The molecule has 6 nitrogen and oxygen atoms in total. The van der Waals surface area contributed by atoms with Crippen LogP contribution in [0.1, 0.15) is 37.7 Å². The maximum atomic E-state index is 13.5. The molecule has 1 aliphatic carbocycles. The number of hydrogen-bond donors (Lipinski definition) is 1. The Morgan fingerprint density at radius 1 is 0.939 bits per heavy atom. The van der Waals surface area contributed by atoms with Crippen molar-refractivity contribution in [1.29, 1.82) is 0 Å². The molecule has 0 atom stereocenters. The van der Waals surface area contributed by atoms with E-state index in [9.17, 15) is 14.4 Å². The van der Waals surface area contributed by atoms with Crippen LogP contribution in [0.25, 0.3) is 20.3 Å². The van der Waals surface area contributed by atoms with Gasteiger partial charge in [0.25, 0.3) is 5.56 Å². The van der Waals surface area contributed by atoms with Crippen molar-refractivity contribution < 1.29 is 4.79 Å². The molecule has 1 N–H and O–H groups in total. The fourth-order valence-electron chi connectivity index (χ4n) is 4.79. The molecule has 2 aromatic heterocycles. The third-order valence-corrected chi connectivity index (χ3v) is 7.63. The monoisotopic (exact) mass is 461 g/mol. The molecule has 0 radical (unpaired) electrons. The maximum Gasteiger partial charge on any atom is 0.332 e. The number of benzene rings is 2. The van der Waals surface area contributed by atoms with E-state index < -0.39 is 5.69 Å². The highest BCUT2D eigenvalue weighted by molar-refractivity contribution is 7.25. The van der Waals surface area contributed by atoms with Gasteiger partial charge in [0.2, 0.25) is 5.91 Å². The number of aromatic nitrogens is 2. The number of amides is 1. The number of thiophene rings is 1. The molecule has 0 saturated heterocycles. The lowest BCUT2D eigenvalue weighted by atomic mass is 9.95. The third-order valence-electron chi connectivity index (χ3n) is 6.48. The summed E-state index contributed by atoms with van der Waals surface area (Å²) in [6.45, 7) is 0.189. The topological polar surface area (TPSA) is 73.1 Å². The summed E-state index contributed by atoms with van der Waals surface area (Å²) in [6.07, 6.45) is 5.98. The van der Waals surface area contributed by atoms with Crippen molar-refractivity contribution in [2.75, 3.05) is 0 Å². The molecule has 170 valence electrons. The number of nitrogens with one attached hydrogen (secondary N) is 1. The van der Waals surface area contributed by atoms with Crippen LogP contribution in [0.2, 0.25) is 0 Å². The number of hydrogen-bond acceptors (Lipinski definition) is 4. The van der Waals surface area contributed by atoms with Crippen molar-refractivity contribution in [2.24, 2.45) is 0 Å². The second-order valence-corrected chi connectivity index (χ2v) is 9.79. The van der Waals surface area contributed by atoms with Crippen molar-refractivity contribution in [1.82, 2.24) is 14.5 Å². The van der Waals surface area contributed by atoms with E-state index in [-0.39, 0.29) is 30.6 Å². The Morgan fingerprint density at radius 3 is 2.45 bits per heavy atom. The summed E-state index contributed by atoms with van der Waals surface area (Å²) in [5, 5.41) is 3.95. The number of carbonyl (C=O) groups excluding carboxylic acids is 1. The number of fused-ring (bicyclic) bond motifs is 3. The zero-order chi connectivity index (χ0) is 22.8. The first-order chi connectivity index (χ1) is 16.1. The predicted octanol–water partition coefficient (Wildman–Crippen LogP) is 4.07. The van der Waals surface area contributed by atoms with Crippen LogP contribution in [-0.2, 0) is 24.3 Å². The Labute approximate surface area is 195 Å². The van der Waals surface area contributed by atoms with Gasteiger partial charge in [0.15, 0.2) is 0 Å². The second-order valence-electron chi connectivity index (χ2n) is 8.74. The lowest BCUT2D eigenvalue weighted by Crippen LogP contribution is -2.44. The van der Waals surface area contributed by atoms with Crippen LogP contribution in [0.3, 0.4) is 0 Å². The number of carbonyl (C=O) groups is 1. The molecule has 2 aromatic carbocycles. The molecule has 5 rings (SSSR count). The molecule has 1 aliphatic rings. The van der Waals surface area contributed by atoms with E-state index in [0.29, 0.717) is 16.6 Å². The predicted molar refractivity (Wildman–Crippen MR) is 133 cm³/mol. The number of nitrogens with zero attached hydrogens (tertiary/aromatic N) is 2. The highest BCUT2D eigenvalue weighted by Crippen LogP contribution is 2.30. The molecule has 0 aliphatic heterocycles. The van der Waals surface area contributed by atoms with Gasteiger partial charge >= 0.3 is 5.69 Å². The molecule has 4 aromatic rings. The molecular weight excluding hydrogens is 434 g/mol. The van der Waals surface area contributed by atoms with E-state index in [1.807, 2.05) is 54.6 Å². The van der Waals surface area contributed by atoms with Gasteiger partial charge in [-0.2, -0.15) is 0 Å². The number of aryl methyl sites for hydroxylation is 1. The molecule has 1 amide bonds. The fraction of sp³-hybridized carbons (Fsp3) is 0.346. The minimum Gasteiger partial charge on any atom is -0.352 e. The molecule has 7 heteroatoms. The molecule has 1 fully saturated rings. The summed E-state index contributed by atoms with van der Waals surface area (Å²) in [5.74, 6) is -0.172. The third kappa shape index (κ3) is 4.37. The maximum absolute atomic E-state index is 13.5. The largest absolute Gasteiger partial charge is 0.352 e. The normalized spacial score (nSPS) is 14.7. The van der Waals surface area contributed by atoms with Gasteiger partial charge in [0.1, 0.15) is 11.2 Å². The van der Waals surface area contributed by atoms with Crippen molar-refractivity contribution in [3.63, 3.8) is 0 Å². The van der Waals surface area contributed by atoms with Crippen LogP contribution in [0.15, 0.2) is 64.2 Å². The highest BCUT2D eigenvalue weighted by atomic mass is 32.1. The molecular formula is C26H27N3O3S. The molecule has 1 saturated carbocycles. The molecule has 33 heavy (non-hydrogen) atoms. The summed E-state index contributed by atoms with van der Waals surface area (Å²) >= 11 is 1.38. The Kier molecular flexibility index (Phi) is 6.13. The van der Waals surface area contributed by atoms with E-state index in [1.165, 1.54) is 26.9 Å². The van der Waals surface area contributed by atoms with Crippen LogP contribution in [0.5, 0.6) is 0 Å². The van der Waals surface area contributed by atoms with Crippen LogP contribution in [-0.4, -0.2) is 21.1 Å². The first kappa shape index (κ1) is 21.6. The fourth-order valence-corrected chi connectivity index (χ4v) is 5.94. The Hall–Kier alpha value is -3.19. The first-order valence-electron chi connectivity index (χ1n) is 11.6. The minimum absolute atomic E-state index is 0.0851. The van der Waals surface area contributed by atoms with Gasteiger partial charge in [-0.15, -0.1) is 11.3 Å². The van der Waals surface area contributed by atoms with Gasteiger partial charge in [0, 0.05) is 22.7 Å².